The van der Waals surface area contributed by atoms with Crippen LogP contribution in [0, 0.1) is 5.92 Å². The molecule has 0 radical (unpaired) electrons. The van der Waals surface area contributed by atoms with E-state index in [2.05, 4.69) is 20.2 Å². The van der Waals surface area contributed by atoms with Gasteiger partial charge in [0.1, 0.15) is 5.69 Å². The van der Waals surface area contributed by atoms with Gasteiger partial charge in [-0.15, -0.1) is 10.2 Å². The van der Waals surface area contributed by atoms with Crippen molar-refractivity contribution in [3.05, 3.63) is 23.0 Å². The largest absolute Gasteiger partial charge is 0.480 e. The first-order valence-corrected chi connectivity index (χ1v) is 7.59. The van der Waals surface area contributed by atoms with Crippen LogP contribution in [0.5, 0.6) is 11.9 Å². The van der Waals surface area contributed by atoms with Gasteiger partial charge in [-0.1, -0.05) is 11.6 Å². The molecule has 128 valence electrons. The van der Waals surface area contributed by atoms with Gasteiger partial charge in [0.2, 0.25) is 11.8 Å². The molecular weight excluding hydrogens is 342 g/mol. The Morgan fingerprint density at radius 2 is 2.00 bits per heavy atom. The van der Waals surface area contributed by atoms with Crippen molar-refractivity contribution in [3.63, 3.8) is 0 Å². The molecule has 1 saturated carbocycles. The average Bonchev–Trinajstić information content (AvgIpc) is 3.35. The molecule has 2 unspecified atom stereocenters. The van der Waals surface area contributed by atoms with Crippen LogP contribution in [0.25, 0.3) is 11.3 Å². The van der Waals surface area contributed by atoms with Crippen molar-refractivity contribution < 1.29 is 18.3 Å². The minimum absolute atomic E-state index is 0.129. The van der Waals surface area contributed by atoms with Crippen LogP contribution in [-0.4, -0.2) is 40.3 Å². The van der Waals surface area contributed by atoms with Crippen LogP contribution in [0.3, 0.4) is 0 Å². The number of rotatable bonds is 5. The lowest BCUT2D eigenvalue weighted by molar-refractivity contribution is -0.00398. The third-order valence-corrected chi connectivity index (χ3v) is 4.29. The second-order valence-electron chi connectivity index (χ2n) is 5.66. The maximum Gasteiger partial charge on any atom is 0.319 e. The predicted octanol–water partition coefficient (Wildman–Crippen LogP) is 3.36. The topological polar surface area (TPSA) is 70.0 Å². The Bertz CT molecular complexity index is 770. The highest BCUT2D eigenvalue weighted by molar-refractivity contribution is 6.30. The standard InChI is InChI=1S/C15H15ClF2N4O2/c1-15(17,18)10-4-7(10)8-5-11(21-22-12(8)16)9-6-19-14(24-3)20-13(9)23-2/h5-7,10H,4H2,1-3H3. The van der Waals surface area contributed by atoms with Crippen molar-refractivity contribution in [2.45, 2.75) is 25.2 Å². The molecule has 2 atom stereocenters. The number of halogens is 3. The molecule has 3 rings (SSSR count). The third kappa shape index (κ3) is 3.10. The molecule has 0 aliphatic heterocycles. The van der Waals surface area contributed by atoms with Crippen molar-refractivity contribution in [1.82, 2.24) is 20.2 Å². The van der Waals surface area contributed by atoms with Gasteiger partial charge in [0, 0.05) is 12.1 Å². The maximum absolute atomic E-state index is 13.5. The molecule has 24 heavy (non-hydrogen) atoms. The SMILES string of the molecule is COc1ncc(-c2cc(C3CC3C(C)(F)F)c(Cl)nn2)c(OC)n1. The molecule has 0 amide bonds. The van der Waals surface area contributed by atoms with Gasteiger partial charge in [-0.05, 0) is 30.9 Å². The minimum atomic E-state index is -2.75. The zero-order valence-electron chi connectivity index (χ0n) is 13.3. The lowest BCUT2D eigenvalue weighted by atomic mass is 10.1. The molecule has 2 aromatic heterocycles. The van der Waals surface area contributed by atoms with Crippen LogP contribution in [0.2, 0.25) is 5.15 Å². The summed E-state index contributed by atoms with van der Waals surface area (Å²) in [5.41, 5.74) is 1.43. The number of alkyl halides is 2. The summed E-state index contributed by atoms with van der Waals surface area (Å²) in [6, 6.07) is 1.78. The zero-order valence-corrected chi connectivity index (χ0v) is 14.0. The lowest BCUT2D eigenvalue weighted by Crippen LogP contribution is -2.13. The summed E-state index contributed by atoms with van der Waals surface area (Å²) in [5.74, 6) is -3.58. The van der Waals surface area contributed by atoms with Crippen molar-refractivity contribution in [2.75, 3.05) is 14.2 Å². The van der Waals surface area contributed by atoms with Crippen molar-refractivity contribution in [2.24, 2.45) is 5.92 Å². The minimum Gasteiger partial charge on any atom is -0.480 e. The molecule has 0 aromatic carbocycles. The van der Waals surface area contributed by atoms with Gasteiger partial charge in [-0.2, -0.15) is 4.98 Å². The zero-order chi connectivity index (χ0) is 17.5. The van der Waals surface area contributed by atoms with Crippen molar-refractivity contribution >= 4 is 11.6 Å². The molecular formula is C15H15ClF2N4O2. The van der Waals surface area contributed by atoms with E-state index in [1.54, 1.807) is 6.07 Å². The van der Waals surface area contributed by atoms with Gasteiger partial charge in [0.05, 0.1) is 19.8 Å². The first kappa shape index (κ1) is 16.8. The number of hydrogen-bond donors (Lipinski definition) is 0. The van der Waals surface area contributed by atoms with E-state index in [4.69, 9.17) is 21.1 Å². The first-order chi connectivity index (χ1) is 11.3. The monoisotopic (exact) mass is 356 g/mol. The highest BCUT2D eigenvalue weighted by Gasteiger charge is 2.53. The van der Waals surface area contributed by atoms with Crippen LogP contribution in [0.15, 0.2) is 12.3 Å². The van der Waals surface area contributed by atoms with Crippen LogP contribution in [0.4, 0.5) is 8.78 Å². The molecule has 0 spiro atoms. The predicted molar refractivity (Wildman–Crippen MR) is 82.6 cm³/mol. The van der Waals surface area contributed by atoms with Crippen LogP contribution < -0.4 is 9.47 Å². The number of methoxy groups -OCH3 is 2. The second kappa shape index (κ2) is 6.08. The van der Waals surface area contributed by atoms with Gasteiger partial charge in [-0.25, -0.2) is 13.8 Å². The number of nitrogens with zero attached hydrogens (tertiary/aromatic N) is 4. The van der Waals surface area contributed by atoms with E-state index in [1.807, 2.05) is 0 Å². The number of aromatic nitrogens is 4. The molecule has 2 aromatic rings. The normalized spacial score (nSPS) is 19.9. The van der Waals surface area contributed by atoms with Crippen molar-refractivity contribution in [1.29, 1.82) is 0 Å². The van der Waals surface area contributed by atoms with Gasteiger partial charge < -0.3 is 9.47 Å². The quantitative estimate of drug-likeness (QED) is 0.818. The van der Waals surface area contributed by atoms with E-state index in [1.165, 1.54) is 20.4 Å². The molecule has 1 aliphatic rings. The fourth-order valence-electron chi connectivity index (χ4n) is 2.66. The summed E-state index contributed by atoms with van der Waals surface area (Å²) in [7, 11) is 2.89. The Kier molecular flexibility index (Phi) is 4.25. The van der Waals surface area contributed by atoms with Gasteiger partial charge in [0.15, 0.2) is 5.15 Å². The summed E-state index contributed by atoms with van der Waals surface area (Å²) < 4.78 is 37.1. The maximum atomic E-state index is 13.5. The molecule has 0 N–H and O–H groups in total. The molecule has 6 nitrogen and oxygen atoms in total. The summed E-state index contributed by atoms with van der Waals surface area (Å²) in [5, 5.41) is 8.01. The molecule has 2 heterocycles. The lowest BCUT2D eigenvalue weighted by Gasteiger charge is -2.11. The van der Waals surface area contributed by atoms with E-state index in [-0.39, 0.29) is 23.0 Å². The van der Waals surface area contributed by atoms with E-state index in [0.717, 1.165) is 6.92 Å². The van der Waals surface area contributed by atoms with E-state index in [0.29, 0.717) is 23.2 Å². The number of hydrogen-bond acceptors (Lipinski definition) is 6. The fourth-order valence-corrected chi connectivity index (χ4v) is 2.89. The summed E-state index contributed by atoms with van der Waals surface area (Å²) in [6.45, 7) is 0.918. The van der Waals surface area contributed by atoms with E-state index >= 15 is 0 Å². The van der Waals surface area contributed by atoms with E-state index < -0.39 is 11.8 Å². The first-order valence-electron chi connectivity index (χ1n) is 7.21. The van der Waals surface area contributed by atoms with Crippen LogP contribution >= 0.6 is 11.6 Å². The van der Waals surface area contributed by atoms with Gasteiger partial charge in [-0.3, -0.25) is 0 Å². The Morgan fingerprint density at radius 1 is 1.25 bits per heavy atom. The average molecular weight is 357 g/mol. The van der Waals surface area contributed by atoms with Gasteiger partial charge in [0.25, 0.3) is 0 Å². The van der Waals surface area contributed by atoms with E-state index in [9.17, 15) is 8.78 Å². The van der Waals surface area contributed by atoms with Gasteiger partial charge >= 0.3 is 6.01 Å². The summed E-state index contributed by atoms with van der Waals surface area (Å²) >= 11 is 6.05. The van der Waals surface area contributed by atoms with Crippen LogP contribution in [0.1, 0.15) is 24.8 Å². The Morgan fingerprint density at radius 3 is 2.58 bits per heavy atom. The Labute approximate surface area is 142 Å². The summed E-state index contributed by atoms with van der Waals surface area (Å²) in [4.78, 5) is 8.09. The highest BCUT2D eigenvalue weighted by Crippen LogP contribution is 2.56. The van der Waals surface area contributed by atoms with Crippen LogP contribution in [-0.2, 0) is 0 Å². The molecule has 1 aliphatic carbocycles. The third-order valence-electron chi connectivity index (χ3n) is 4.00. The molecule has 1 fully saturated rings. The molecule has 0 bridgehead atoms. The Balaban J connectivity index is 1.98. The Hall–Kier alpha value is -2.09. The highest BCUT2D eigenvalue weighted by atomic mass is 35.5. The van der Waals surface area contributed by atoms with Crippen molar-refractivity contribution in [3.8, 4) is 23.1 Å². The smallest absolute Gasteiger partial charge is 0.319 e. The summed E-state index contributed by atoms with van der Waals surface area (Å²) in [6.07, 6.45) is 1.84. The molecule has 9 heteroatoms. The fraction of sp³-hybridized carbons (Fsp3) is 0.467. The second-order valence-corrected chi connectivity index (χ2v) is 6.02. The molecule has 0 saturated heterocycles. The number of ether oxygens (including phenoxy) is 2.